The molecule has 0 saturated carbocycles. The van der Waals surface area contributed by atoms with Crippen LogP contribution in [0.4, 0.5) is 0 Å². The van der Waals surface area contributed by atoms with Crippen LogP contribution in [-0.4, -0.2) is 30.0 Å². The molecule has 0 aliphatic heterocycles. The zero-order valence-corrected chi connectivity index (χ0v) is 13.5. The number of carbonyl (C=O) groups is 1. The summed E-state index contributed by atoms with van der Waals surface area (Å²) in [5, 5.41) is 3.01. The second kappa shape index (κ2) is 13.5. The van der Waals surface area contributed by atoms with Gasteiger partial charge in [0.15, 0.2) is 0 Å². The number of unbranched alkanes of at least 4 members (excludes halogenated alkanes) is 1. The Kier molecular flexibility index (Phi) is 15.3. The maximum atomic E-state index is 11.6. The molecule has 0 heterocycles. The third-order valence-corrected chi connectivity index (χ3v) is 3.59. The highest BCUT2D eigenvalue weighted by Crippen LogP contribution is 2.07. The molecule has 5 heteroatoms. The Morgan fingerprint density at radius 1 is 1.33 bits per heavy atom. The van der Waals surface area contributed by atoms with Crippen LogP contribution >= 0.6 is 24.2 Å². The summed E-state index contributed by atoms with van der Waals surface area (Å²) in [6.07, 6.45) is 4.04. The minimum Gasteiger partial charge on any atom is -0.352 e. The first kappa shape index (κ1) is 20.4. The van der Waals surface area contributed by atoms with E-state index >= 15 is 0 Å². The Hall–Kier alpha value is 0.0700. The van der Waals surface area contributed by atoms with Crippen LogP contribution in [0, 0.1) is 5.92 Å². The summed E-state index contributed by atoms with van der Waals surface area (Å²) in [6.45, 7) is 7.02. The van der Waals surface area contributed by atoms with Gasteiger partial charge in [0.2, 0.25) is 5.91 Å². The van der Waals surface area contributed by atoms with Crippen molar-refractivity contribution in [3.63, 3.8) is 0 Å². The van der Waals surface area contributed by atoms with Crippen molar-refractivity contribution in [3.8, 4) is 0 Å². The molecule has 0 aromatic carbocycles. The molecule has 0 aromatic rings. The third-order valence-electron chi connectivity index (χ3n) is 2.52. The lowest BCUT2D eigenvalue weighted by Gasteiger charge is -2.18. The maximum absolute atomic E-state index is 11.6. The number of thioether (sulfide) groups is 1. The lowest BCUT2D eigenvalue weighted by atomic mass is 10.0. The van der Waals surface area contributed by atoms with Gasteiger partial charge in [0.1, 0.15) is 0 Å². The van der Waals surface area contributed by atoms with Crippen molar-refractivity contribution >= 4 is 30.1 Å². The number of nitrogens with one attached hydrogen (secondary N) is 1. The van der Waals surface area contributed by atoms with Gasteiger partial charge in [0, 0.05) is 24.8 Å². The van der Waals surface area contributed by atoms with Crippen LogP contribution in [0.1, 0.15) is 46.5 Å². The predicted molar refractivity (Wildman–Crippen MR) is 84.5 cm³/mol. The number of carbonyl (C=O) groups excluding carboxylic acids is 1. The van der Waals surface area contributed by atoms with Crippen LogP contribution in [0.3, 0.4) is 0 Å². The second-order valence-corrected chi connectivity index (χ2v) is 6.07. The Labute approximate surface area is 122 Å². The highest BCUT2D eigenvalue weighted by Gasteiger charge is 2.11. The normalized spacial score (nSPS) is 12.1. The molecule has 0 saturated heterocycles. The van der Waals surface area contributed by atoms with E-state index in [0.717, 1.165) is 17.9 Å². The largest absolute Gasteiger partial charge is 0.352 e. The molecule has 1 unspecified atom stereocenters. The van der Waals surface area contributed by atoms with Crippen molar-refractivity contribution in [1.29, 1.82) is 0 Å². The Balaban J connectivity index is 0. The van der Waals surface area contributed by atoms with Gasteiger partial charge in [-0.05, 0) is 24.5 Å². The van der Waals surface area contributed by atoms with Crippen molar-refractivity contribution in [3.05, 3.63) is 0 Å². The van der Waals surface area contributed by atoms with E-state index in [1.54, 1.807) is 0 Å². The van der Waals surface area contributed by atoms with Gasteiger partial charge in [-0.25, -0.2) is 0 Å². The van der Waals surface area contributed by atoms with E-state index in [1.165, 1.54) is 12.8 Å². The van der Waals surface area contributed by atoms with E-state index in [-0.39, 0.29) is 24.4 Å². The van der Waals surface area contributed by atoms with Crippen LogP contribution < -0.4 is 11.1 Å². The zero-order valence-electron chi connectivity index (χ0n) is 11.9. The van der Waals surface area contributed by atoms with Crippen LogP contribution in [0.25, 0.3) is 0 Å². The van der Waals surface area contributed by atoms with Crippen molar-refractivity contribution < 1.29 is 4.79 Å². The predicted octanol–water partition coefficient (Wildman–Crippen LogP) is 2.82. The Morgan fingerprint density at radius 3 is 2.50 bits per heavy atom. The highest BCUT2D eigenvalue weighted by atomic mass is 35.5. The average Bonchev–Trinajstić information content (AvgIpc) is 2.27. The van der Waals surface area contributed by atoms with Crippen LogP contribution in [0.5, 0.6) is 0 Å². The standard InChI is InChI=1S/C13H28N2OS.ClH/c1-4-5-7-17-8-6-13(16)15-12(10-14)9-11(2)3;/h11-12H,4-10,14H2,1-3H3,(H,15,16);1H. The van der Waals surface area contributed by atoms with E-state index in [9.17, 15) is 4.79 Å². The summed E-state index contributed by atoms with van der Waals surface area (Å²) in [6, 6.07) is 0.142. The van der Waals surface area contributed by atoms with Crippen molar-refractivity contribution in [1.82, 2.24) is 5.32 Å². The SMILES string of the molecule is CCCCSCCC(=O)NC(CN)CC(C)C.Cl. The van der Waals surface area contributed by atoms with E-state index in [2.05, 4.69) is 26.1 Å². The van der Waals surface area contributed by atoms with Gasteiger partial charge >= 0.3 is 0 Å². The molecule has 0 rings (SSSR count). The molecule has 0 bridgehead atoms. The van der Waals surface area contributed by atoms with Gasteiger partial charge in [-0.2, -0.15) is 11.8 Å². The monoisotopic (exact) mass is 296 g/mol. The fourth-order valence-corrected chi connectivity index (χ4v) is 2.62. The van der Waals surface area contributed by atoms with Gasteiger partial charge < -0.3 is 11.1 Å². The molecule has 110 valence electrons. The highest BCUT2D eigenvalue weighted by molar-refractivity contribution is 7.99. The molecular formula is C13H29ClN2OS. The van der Waals surface area contributed by atoms with Gasteiger partial charge in [0.05, 0.1) is 0 Å². The number of amides is 1. The van der Waals surface area contributed by atoms with Gasteiger partial charge in [-0.3, -0.25) is 4.79 Å². The fraction of sp³-hybridized carbons (Fsp3) is 0.923. The summed E-state index contributed by atoms with van der Waals surface area (Å²) in [5.74, 6) is 2.80. The first-order chi connectivity index (χ1) is 8.10. The first-order valence-corrected chi connectivity index (χ1v) is 7.82. The molecule has 3 N–H and O–H groups in total. The zero-order chi connectivity index (χ0) is 13.1. The van der Waals surface area contributed by atoms with Crippen LogP contribution in [0.15, 0.2) is 0 Å². The second-order valence-electron chi connectivity index (χ2n) is 4.85. The molecule has 18 heavy (non-hydrogen) atoms. The summed E-state index contributed by atoms with van der Waals surface area (Å²) in [5.41, 5.74) is 5.64. The van der Waals surface area contributed by atoms with Gasteiger partial charge in [-0.15, -0.1) is 12.4 Å². The summed E-state index contributed by atoms with van der Waals surface area (Å²) in [4.78, 5) is 11.6. The number of hydrogen-bond donors (Lipinski definition) is 2. The number of hydrogen-bond acceptors (Lipinski definition) is 3. The minimum atomic E-state index is 0. The molecule has 0 spiro atoms. The lowest BCUT2D eigenvalue weighted by molar-refractivity contribution is -0.121. The summed E-state index contributed by atoms with van der Waals surface area (Å²) >= 11 is 1.86. The number of rotatable bonds is 10. The summed E-state index contributed by atoms with van der Waals surface area (Å²) < 4.78 is 0. The van der Waals surface area contributed by atoms with E-state index in [1.807, 2.05) is 11.8 Å². The van der Waals surface area contributed by atoms with Crippen molar-refractivity contribution in [2.75, 3.05) is 18.1 Å². The summed E-state index contributed by atoms with van der Waals surface area (Å²) in [7, 11) is 0. The minimum absolute atomic E-state index is 0. The van der Waals surface area contributed by atoms with Crippen molar-refractivity contribution in [2.24, 2.45) is 11.7 Å². The third kappa shape index (κ3) is 12.5. The average molecular weight is 297 g/mol. The number of nitrogens with two attached hydrogens (primary N) is 1. The Morgan fingerprint density at radius 2 is 2.00 bits per heavy atom. The lowest BCUT2D eigenvalue weighted by Crippen LogP contribution is -2.41. The molecule has 1 atom stereocenters. The molecule has 0 fully saturated rings. The van der Waals surface area contributed by atoms with Gasteiger partial charge in [-0.1, -0.05) is 27.2 Å². The molecular weight excluding hydrogens is 268 g/mol. The molecule has 0 aliphatic rings. The Bertz CT molecular complexity index is 203. The molecule has 1 amide bonds. The molecule has 3 nitrogen and oxygen atoms in total. The number of halogens is 1. The van der Waals surface area contributed by atoms with E-state index in [4.69, 9.17) is 5.73 Å². The van der Waals surface area contributed by atoms with Crippen LogP contribution in [-0.2, 0) is 4.79 Å². The van der Waals surface area contributed by atoms with Crippen LogP contribution in [0.2, 0.25) is 0 Å². The topological polar surface area (TPSA) is 55.1 Å². The maximum Gasteiger partial charge on any atom is 0.221 e. The quantitative estimate of drug-likeness (QED) is 0.610. The molecule has 0 aromatic heterocycles. The fourth-order valence-electron chi connectivity index (χ4n) is 1.60. The first-order valence-electron chi connectivity index (χ1n) is 6.67. The molecule has 0 aliphatic carbocycles. The molecule has 0 radical (unpaired) electrons. The van der Waals surface area contributed by atoms with Crippen molar-refractivity contribution in [2.45, 2.75) is 52.5 Å². The smallest absolute Gasteiger partial charge is 0.221 e. The van der Waals surface area contributed by atoms with Gasteiger partial charge in [0.25, 0.3) is 0 Å². The van der Waals surface area contributed by atoms with E-state index in [0.29, 0.717) is 18.9 Å². The van der Waals surface area contributed by atoms with E-state index < -0.39 is 0 Å².